The Morgan fingerprint density at radius 1 is 1.12 bits per heavy atom. The van der Waals surface area contributed by atoms with Gasteiger partial charge in [-0.05, 0) is 31.2 Å². The molecule has 0 radical (unpaired) electrons. The van der Waals surface area contributed by atoms with Crippen LogP contribution in [0.15, 0.2) is 47.4 Å². The molecular weight excluding hydrogens is 342 g/mol. The van der Waals surface area contributed by atoms with E-state index in [1.807, 2.05) is 0 Å². The number of amides is 1. The molecule has 7 heteroatoms. The number of benzene rings is 2. The number of methoxy groups -OCH3 is 2. The van der Waals surface area contributed by atoms with Gasteiger partial charge in [-0.25, -0.2) is 4.79 Å². The average molecular weight is 361 g/mol. The third-order valence-corrected chi connectivity index (χ3v) is 4.63. The molecular formula is C18H19NO5S. The molecule has 0 aliphatic rings. The molecule has 0 saturated carbocycles. The summed E-state index contributed by atoms with van der Waals surface area (Å²) >= 11 is 1.18. The van der Waals surface area contributed by atoms with E-state index in [2.05, 4.69) is 5.32 Å². The number of ether oxygens (including phenoxy) is 2. The van der Waals surface area contributed by atoms with Crippen molar-refractivity contribution in [2.75, 3.05) is 19.5 Å². The highest BCUT2D eigenvalue weighted by atomic mass is 32.2. The first-order valence-corrected chi connectivity index (χ1v) is 8.36. The van der Waals surface area contributed by atoms with Crippen LogP contribution >= 0.6 is 11.8 Å². The van der Waals surface area contributed by atoms with E-state index in [1.54, 1.807) is 43.3 Å². The Labute approximate surface area is 150 Å². The fourth-order valence-electron chi connectivity index (χ4n) is 2.14. The second-order valence-corrected chi connectivity index (χ2v) is 6.50. The number of aromatic carboxylic acids is 1. The number of nitrogens with one attached hydrogen (secondary N) is 1. The monoisotopic (exact) mass is 361 g/mol. The van der Waals surface area contributed by atoms with Crippen molar-refractivity contribution in [3.8, 4) is 11.5 Å². The van der Waals surface area contributed by atoms with E-state index in [1.165, 1.54) is 32.0 Å². The predicted octanol–water partition coefficient (Wildman–Crippen LogP) is 3.52. The fourth-order valence-corrected chi connectivity index (χ4v) is 3.12. The molecule has 0 aliphatic carbocycles. The quantitative estimate of drug-likeness (QED) is 0.734. The highest BCUT2D eigenvalue weighted by molar-refractivity contribution is 8.00. The molecule has 0 aliphatic heterocycles. The Morgan fingerprint density at radius 3 is 2.48 bits per heavy atom. The van der Waals surface area contributed by atoms with Gasteiger partial charge in [-0.3, -0.25) is 4.79 Å². The number of rotatable bonds is 7. The van der Waals surface area contributed by atoms with Crippen LogP contribution in [-0.2, 0) is 4.79 Å². The van der Waals surface area contributed by atoms with Gasteiger partial charge in [0.05, 0.1) is 30.7 Å². The number of carbonyl (C=O) groups is 2. The number of carbonyl (C=O) groups excluding carboxylic acids is 1. The van der Waals surface area contributed by atoms with Crippen LogP contribution in [-0.4, -0.2) is 36.5 Å². The summed E-state index contributed by atoms with van der Waals surface area (Å²) in [5, 5.41) is 11.5. The first kappa shape index (κ1) is 18.7. The van der Waals surface area contributed by atoms with Gasteiger partial charge in [-0.15, -0.1) is 11.8 Å². The van der Waals surface area contributed by atoms with Crippen LogP contribution in [0.1, 0.15) is 17.3 Å². The minimum Gasteiger partial charge on any atom is -0.497 e. The first-order valence-electron chi connectivity index (χ1n) is 7.48. The number of carboxylic acids is 1. The van der Waals surface area contributed by atoms with Crippen molar-refractivity contribution in [1.82, 2.24) is 0 Å². The molecule has 2 aromatic carbocycles. The number of carboxylic acid groups (broad SMARTS) is 1. The van der Waals surface area contributed by atoms with E-state index in [0.29, 0.717) is 22.1 Å². The Hall–Kier alpha value is -2.67. The second kappa shape index (κ2) is 8.43. The van der Waals surface area contributed by atoms with Crippen LogP contribution in [0.2, 0.25) is 0 Å². The molecule has 0 bridgehead atoms. The van der Waals surface area contributed by atoms with Crippen LogP contribution in [0.25, 0.3) is 0 Å². The number of thioether (sulfide) groups is 1. The van der Waals surface area contributed by atoms with Gasteiger partial charge in [-0.2, -0.15) is 0 Å². The van der Waals surface area contributed by atoms with Crippen LogP contribution in [0.4, 0.5) is 5.69 Å². The van der Waals surface area contributed by atoms with E-state index in [4.69, 9.17) is 9.47 Å². The maximum absolute atomic E-state index is 12.5. The van der Waals surface area contributed by atoms with E-state index >= 15 is 0 Å². The van der Waals surface area contributed by atoms with Gasteiger partial charge in [-0.1, -0.05) is 12.1 Å². The Morgan fingerprint density at radius 2 is 1.84 bits per heavy atom. The SMILES string of the molecule is COc1ccc(OC)c(NC(=O)C(C)Sc2ccccc2C(=O)O)c1. The predicted molar refractivity (Wildman–Crippen MR) is 96.9 cm³/mol. The number of anilines is 1. The molecule has 2 rings (SSSR count). The summed E-state index contributed by atoms with van der Waals surface area (Å²) in [6, 6.07) is 11.7. The van der Waals surface area contributed by atoms with Crippen LogP contribution in [0, 0.1) is 0 Å². The topological polar surface area (TPSA) is 84.9 Å². The summed E-state index contributed by atoms with van der Waals surface area (Å²) < 4.78 is 10.4. The van der Waals surface area contributed by atoms with Crippen LogP contribution in [0.5, 0.6) is 11.5 Å². The number of hydrogen-bond acceptors (Lipinski definition) is 5. The van der Waals surface area contributed by atoms with Crippen LogP contribution < -0.4 is 14.8 Å². The van der Waals surface area contributed by atoms with Gasteiger partial charge in [0, 0.05) is 11.0 Å². The minimum atomic E-state index is -1.02. The number of hydrogen-bond donors (Lipinski definition) is 2. The van der Waals surface area contributed by atoms with E-state index in [-0.39, 0.29) is 11.5 Å². The van der Waals surface area contributed by atoms with Crippen molar-refractivity contribution < 1.29 is 24.2 Å². The molecule has 25 heavy (non-hydrogen) atoms. The Kier molecular flexibility index (Phi) is 6.30. The third-order valence-electron chi connectivity index (χ3n) is 3.45. The van der Waals surface area contributed by atoms with Gasteiger partial charge in [0.25, 0.3) is 0 Å². The molecule has 0 saturated heterocycles. The third kappa shape index (κ3) is 4.67. The summed E-state index contributed by atoms with van der Waals surface area (Å²) in [6.07, 6.45) is 0. The second-order valence-electron chi connectivity index (χ2n) is 5.12. The molecule has 1 unspecified atom stereocenters. The lowest BCUT2D eigenvalue weighted by atomic mass is 10.2. The summed E-state index contributed by atoms with van der Waals surface area (Å²) in [4.78, 5) is 24.3. The van der Waals surface area contributed by atoms with Gasteiger partial charge in [0.1, 0.15) is 11.5 Å². The molecule has 1 atom stereocenters. The van der Waals surface area contributed by atoms with Crippen molar-refractivity contribution in [3.05, 3.63) is 48.0 Å². The van der Waals surface area contributed by atoms with E-state index < -0.39 is 11.2 Å². The first-order chi connectivity index (χ1) is 12.0. The smallest absolute Gasteiger partial charge is 0.336 e. The lowest BCUT2D eigenvalue weighted by Gasteiger charge is -2.15. The van der Waals surface area contributed by atoms with Crippen LogP contribution in [0.3, 0.4) is 0 Å². The average Bonchev–Trinajstić information content (AvgIpc) is 2.61. The summed E-state index contributed by atoms with van der Waals surface area (Å²) in [5.74, 6) is -0.188. The molecule has 0 spiro atoms. The van der Waals surface area contributed by atoms with Crippen molar-refractivity contribution >= 4 is 29.3 Å². The standard InChI is InChI=1S/C18H19NO5S/c1-11(25-16-7-5-4-6-13(16)18(21)22)17(20)19-14-10-12(23-2)8-9-15(14)24-3/h4-11H,1-3H3,(H,19,20)(H,21,22). The summed E-state index contributed by atoms with van der Waals surface area (Å²) in [5.41, 5.74) is 0.664. The molecule has 2 aromatic rings. The lowest BCUT2D eigenvalue weighted by Crippen LogP contribution is -2.23. The van der Waals surface area contributed by atoms with Gasteiger partial charge in [0.15, 0.2) is 0 Å². The Balaban J connectivity index is 2.15. The van der Waals surface area contributed by atoms with Gasteiger partial charge < -0.3 is 19.9 Å². The van der Waals surface area contributed by atoms with E-state index in [9.17, 15) is 14.7 Å². The van der Waals surface area contributed by atoms with Crippen molar-refractivity contribution in [2.24, 2.45) is 0 Å². The normalized spacial score (nSPS) is 11.5. The summed E-state index contributed by atoms with van der Waals surface area (Å²) in [6.45, 7) is 1.71. The molecule has 132 valence electrons. The zero-order chi connectivity index (χ0) is 18.4. The molecule has 2 N–H and O–H groups in total. The van der Waals surface area contributed by atoms with Gasteiger partial charge in [0.2, 0.25) is 5.91 Å². The maximum Gasteiger partial charge on any atom is 0.336 e. The van der Waals surface area contributed by atoms with Gasteiger partial charge >= 0.3 is 5.97 Å². The fraction of sp³-hybridized carbons (Fsp3) is 0.222. The molecule has 6 nitrogen and oxygen atoms in total. The molecule has 0 fully saturated rings. The van der Waals surface area contributed by atoms with Crippen molar-refractivity contribution in [3.63, 3.8) is 0 Å². The van der Waals surface area contributed by atoms with E-state index in [0.717, 1.165) is 0 Å². The molecule has 1 amide bonds. The van der Waals surface area contributed by atoms with Crippen molar-refractivity contribution in [2.45, 2.75) is 17.1 Å². The summed E-state index contributed by atoms with van der Waals surface area (Å²) in [7, 11) is 3.05. The highest BCUT2D eigenvalue weighted by Crippen LogP contribution is 2.31. The maximum atomic E-state index is 12.5. The molecule has 0 heterocycles. The highest BCUT2D eigenvalue weighted by Gasteiger charge is 2.19. The Bertz CT molecular complexity index is 778. The van der Waals surface area contributed by atoms with Crippen molar-refractivity contribution in [1.29, 1.82) is 0 Å². The largest absolute Gasteiger partial charge is 0.497 e. The lowest BCUT2D eigenvalue weighted by molar-refractivity contribution is -0.115. The minimum absolute atomic E-state index is 0.172. The molecule has 0 aromatic heterocycles. The zero-order valence-electron chi connectivity index (χ0n) is 14.1. The zero-order valence-corrected chi connectivity index (χ0v) is 14.9.